The van der Waals surface area contributed by atoms with Crippen LogP contribution in [0.4, 0.5) is 5.82 Å². The molecule has 0 radical (unpaired) electrons. The number of fused-ring (bicyclic) bond motifs is 1. The van der Waals surface area contributed by atoms with Crippen molar-refractivity contribution < 1.29 is 9.84 Å². The third-order valence-corrected chi connectivity index (χ3v) is 3.51. The highest BCUT2D eigenvalue weighted by Crippen LogP contribution is 2.21. The number of anilines is 1. The average Bonchev–Trinajstić information content (AvgIpc) is 2.80. The molecule has 7 heteroatoms. The molecule has 1 aliphatic heterocycles. The standard InChI is InChI=1S/C12H17N5O2/c1-9-15-16-11-10(13-4-5-17(9)11)14-8-12(18)2-6-19-7-3-12/h4-5,18H,2-3,6-8H2,1H3,(H,13,14). The Kier molecular flexibility index (Phi) is 3.08. The van der Waals surface area contributed by atoms with Crippen molar-refractivity contribution >= 4 is 11.5 Å². The van der Waals surface area contributed by atoms with Crippen molar-refractivity contribution in [1.29, 1.82) is 0 Å². The summed E-state index contributed by atoms with van der Waals surface area (Å²) in [5.74, 6) is 1.45. The lowest BCUT2D eigenvalue weighted by molar-refractivity contribution is -0.0543. The Hall–Kier alpha value is -1.73. The van der Waals surface area contributed by atoms with Gasteiger partial charge < -0.3 is 15.2 Å². The second-order valence-electron chi connectivity index (χ2n) is 4.91. The molecule has 3 rings (SSSR count). The molecule has 7 nitrogen and oxygen atoms in total. The Labute approximate surface area is 110 Å². The van der Waals surface area contributed by atoms with Gasteiger partial charge in [-0.05, 0) is 6.92 Å². The molecule has 1 saturated heterocycles. The number of aryl methyl sites for hydroxylation is 1. The molecule has 0 amide bonds. The number of aliphatic hydroxyl groups is 1. The maximum Gasteiger partial charge on any atom is 0.203 e. The molecule has 1 aliphatic rings. The summed E-state index contributed by atoms with van der Waals surface area (Å²) in [5.41, 5.74) is -0.0578. The van der Waals surface area contributed by atoms with E-state index < -0.39 is 5.60 Å². The highest BCUT2D eigenvalue weighted by Gasteiger charge is 2.29. The van der Waals surface area contributed by atoms with E-state index in [-0.39, 0.29) is 0 Å². The van der Waals surface area contributed by atoms with E-state index in [0.717, 1.165) is 5.82 Å². The third-order valence-electron chi connectivity index (χ3n) is 3.51. The maximum atomic E-state index is 10.4. The van der Waals surface area contributed by atoms with Crippen LogP contribution in [0.1, 0.15) is 18.7 Å². The fourth-order valence-electron chi connectivity index (χ4n) is 2.24. The monoisotopic (exact) mass is 263 g/mol. The van der Waals surface area contributed by atoms with E-state index in [0.29, 0.717) is 44.1 Å². The number of ether oxygens (including phenoxy) is 1. The van der Waals surface area contributed by atoms with Gasteiger partial charge in [0, 0.05) is 45.0 Å². The molecule has 0 aromatic carbocycles. The van der Waals surface area contributed by atoms with Crippen LogP contribution in [-0.2, 0) is 4.74 Å². The van der Waals surface area contributed by atoms with E-state index >= 15 is 0 Å². The minimum absolute atomic E-state index is 0.439. The van der Waals surface area contributed by atoms with Crippen molar-refractivity contribution in [3.05, 3.63) is 18.2 Å². The summed E-state index contributed by atoms with van der Waals surface area (Å²) in [6.45, 7) is 3.52. The first-order valence-electron chi connectivity index (χ1n) is 6.38. The van der Waals surface area contributed by atoms with Crippen LogP contribution in [0.25, 0.3) is 5.65 Å². The van der Waals surface area contributed by atoms with Crippen LogP contribution in [0.3, 0.4) is 0 Å². The van der Waals surface area contributed by atoms with Gasteiger partial charge >= 0.3 is 0 Å². The third kappa shape index (κ3) is 2.39. The van der Waals surface area contributed by atoms with Gasteiger partial charge in [0.15, 0.2) is 5.82 Å². The van der Waals surface area contributed by atoms with Crippen molar-refractivity contribution in [2.24, 2.45) is 0 Å². The summed E-state index contributed by atoms with van der Waals surface area (Å²) < 4.78 is 7.13. The summed E-state index contributed by atoms with van der Waals surface area (Å²) in [5, 5.41) is 21.7. The Balaban J connectivity index is 1.78. The smallest absolute Gasteiger partial charge is 0.203 e. The van der Waals surface area contributed by atoms with E-state index in [1.165, 1.54) is 0 Å². The van der Waals surface area contributed by atoms with Crippen LogP contribution in [0, 0.1) is 6.92 Å². The molecule has 3 heterocycles. The van der Waals surface area contributed by atoms with Crippen LogP contribution < -0.4 is 5.32 Å². The van der Waals surface area contributed by atoms with Crippen molar-refractivity contribution in [2.75, 3.05) is 25.1 Å². The Morgan fingerprint density at radius 1 is 1.42 bits per heavy atom. The molecule has 2 aromatic heterocycles. The quantitative estimate of drug-likeness (QED) is 0.833. The van der Waals surface area contributed by atoms with Crippen LogP contribution in [0.5, 0.6) is 0 Å². The van der Waals surface area contributed by atoms with E-state index in [9.17, 15) is 5.11 Å². The van der Waals surface area contributed by atoms with Gasteiger partial charge in [-0.3, -0.25) is 4.40 Å². The molecule has 0 atom stereocenters. The predicted molar refractivity (Wildman–Crippen MR) is 69.0 cm³/mol. The Morgan fingerprint density at radius 2 is 2.21 bits per heavy atom. The highest BCUT2D eigenvalue weighted by atomic mass is 16.5. The Bertz CT molecular complexity index is 577. The zero-order valence-corrected chi connectivity index (χ0v) is 10.8. The van der Waals surface area contributed by atoms with Crippen molar-refractivity contribution in [1.82, 2.24) is 19.6 Å². The zero-order valence-electron chi connectivity index (χ0n) is 10.8. The molecule has 102 valence electrons. The van der Waals surface area contributed by atoms with Gasteiger partial charge in [-0.1, -0.05) is 0 Å². The molecule has 0 saturated carbocycles. The Morgan fingerprint density at radius 3 is 3.00 bits per heavy atom. The van der Waals surface area contributed by atoms with Gasteiger partial charge in [0.2, 0.25) is 5.65 Å². The van der Waals surface area contributed by atoms with Crippen LogP contribution in [0.2, 0.25) is 0 Å². The van der Waals surface area contributed by atoms with Crippen molar-refractivity contribution in [3.8, 4) is 0 Å². The number of nitrogens with one attached hydrogen (secondary N) is 1. The molecule has 2 aromatic rings. The minimum atomic E-state index is -0.734. The predicted octanol–water partition coefficient (Wildman–Crippen LogP) is 0.386. The number of rotatable bonds is 3. The number of hydrogen-bond donors (Lipinski definition) is 2. The van der Waals surface area contributed by atoms with Gasteiger partial charge in [-0.15, -0.1) is 10.2 Å². The van der Waals surface area contributed by atoms with Gasteiger partial charge in [-0.25, -0.2) is 4.98 Å². The highest BCUT2D eigenvalue weighted by molar-refractivity contribution is 5.62. The summed E-state index contributed by atoms with van der Waals surface area (Å²) in [4.78, 5) is 4.26. The van der Waals surface area contributed by atoms with E-state index in [1.807, 2.05) is 17.5 Å². The fraction of sp³-hybridized carbons (Fsp3) is 0.583. The summed E-state index contributed by atoms with van der Waals surface area (Å²) in [7, 11) is 0. The molecule has 0 bridgehead atoms. The second-order valence-corrected chi connectivity index (χ2v) is 4.91. The zero-order chi connectivity index (χ0) is 13.3. The molecule has 19 heavy (non-hydrogen) atoms. The minimum Gasteiger partial charge on any atom is -0.388 e. The molecule has 0 aliphatic carbocycles. The summed E-state index contributed by atoms with van der Waals surface area (Å²) in [6, 6.07) is 0. The lowest BCUT2D eigenvalue weighted by atomic mass is 9.94. The number of hydrogen-bond acceptors (Lipinski definition) is 6. The fourth-order valence-corrected chi connectivity index (χ4v) is 2.24. The first-order valence-corrected chi connectivity index (χ1v) is 6.38. The molecule has 0 unspecified atom stereocenters. The van der Waals surface area contributed by atoms with E-state index in [4.69, 9.17) is 4.74 Å². The largest absolute Gasteiger partial charge is 0.388 e. The first kappa shape index (κ1) is 12.3. The molecule has 2 N–H and O–H groups in total. The second kappa shape index (κ2) is 4.75. The van der Waals surface area contributed by atoms with Crippen molar-refractivity contribution in [2.45, 2.75) is 25.4 Å². The number of aromatic nitrogens is 4. The number of nitrogens with zero attached hydrogens (tertiary/aromatic N) is 4. The normalized spacial score (nSPS) is 18.6. The van der Waals surface area contributed by atoms with Crippen LogP contribution in [0.15, 0.2) is 12.4 Å². The first-order chi connectivity index (χ1) is 9.18. The van der Waals surface area contributed by atoms with Gasteiger partial charge in [-0.2, -0.15) is 0 Å². The van der Waals surface area contributed by atoms with Crippen LogP contribution in [-0.4, -0.2) is 50.0 Å². The van der Waals surface area contributed by atoms with Crippen LogP contribution >= 0.6 is 0 Å². The van der Waals surface area contributed by atoms with Gasteiger partial charge in [0.05, 0.1) is 5.60 Å². The van der Waals surface area contributed by atoms with Crippen molar-refractivity contribution in [3.63, 3.8) is 0 Å². The molecular weight excluding hydrogens is 246 g/mol. The molecule has 0 spiro atoms. The van der Waals surface area contributed by atoms with Gasteiger partial charge in [0.25, 0.3) is 0 Å². The average molecular weight is 263 g/mol. The summed E-state index contributed by atoms with van der Waals surface area (Å²) in [6.07, 6.45) is 4.78. The topological polar surface area (TPSA) is 84.6 Å². The SMILES string of the molecule is Cc1nnc2c(NCC3(O)CCOCC3)nccn12. The summed E-state index contributed by atoms with van der Waals surface area (Å²) >= 11 is 0. The van der Waals surface area contributed by atoms with Gasteiger partial charge in [0.1, 0.15) is 5.82 Å². The van der Waals surface area contributed by atoms with E-state index in [2.05, 4.69) is 20.5 Å². The maximum absolute atomic E-state index is 10.4. The molecule has 1 fully saturated rings. The lowest BCUT2D eigenvalue weighted by Gasteiger charge is -2.32. The lowest BCUT2D eigenvalue weighted by Crippen LogP contribution is -2.42. The molecular formula is C12H17N5O2. The van der Waals surface area contributed by atoms with E-state index in [1.54, 1.807) is 6.20 Å².